The highest BCUT2D eigenvalue weighted by Gasteiger charge is 2.33. The molecule has 0 aliphatic carbocycles. The van der Waals surface area contributed by atoms with Crippen LogP contribution in [0.2, 0.25) is 0 Å². The standard InChI is InChI=1S/C21H18F3NO6/c1-13(26)31-15-8-6-14(7-9-15)18(27)12-30-20(29)11-10-19(28)25-17-5-3-2-4-16(17)21(22,23)24/h2-9H,10-12H2,1H3,(H,25,28). The number of nitrogens with one attached hydrogen (secondary N) is 1. The Hall–Kier alpha value is -3.69. The second-order valence-electron chi connectivity index (χ2n) is 6.29. The van der Waals surface area contributed by atoms with E-state index in [2.05, 4.69) is 5.32 Å². The van der Waals surface area contributed by atoms with Crippen molar-refractivity contribution in [1.82, 2.24) is 0 Å². The van der Waals surface area contributed by atoms with Crippen molar-refractivity contribution in [1.29, 1.82) is 0 Å². The van der Waals surface area contributed by atoms with Gasteiger partial charge in [0, 0.05) is 18.9 Å². The fourth-order valence-corrected chi connectivity index (χ4v) is 2.44. The lowest BCUT2D eigenvalue weighted by atomic mass is 10.1. The van der Waals surface area contributed by atoms with Gasteiger partial charge < -0.3 is 14.8 Å². The van der Waals surface area contributed by atoms with Gasteiger partial charge in [0.25, 0.3) is 0 Å². The maximum Gasteiger partial charge on any atom is 0.418 e. The van der Waals surface area contributed by atoms with E-state index in [9.17, 15) is 32.3 Å². The van der Waals surface area contributed by atoms with E-state index < -0.39 is 60.5 Å². The molecule has 10 heteroatoms. The van der Waals surface area contributed by atoms with Gasteiger partial charge >= 0.3 is 18.1 Å². The average molecular weight is 437 g/mol. The molecule has 7 nitrogen and oxygen atoms in total. The number of alkyl halides is 3. The maximum absolute atomic E-state index is 12.9. The summed E-state index contributed by atoms with van der Waals surface area (Å²) in [4.78, 5) is 46.5. The number of carbonyl (C=O) groups excluding carboxylic acids is 4. The molecule has 2 rings (SSSR count). The Morgan fingerprint density at radius 1 is 0.935 bits per heavy atom. The van der Waals surface area contributed by atoms with Crippen LogP contribution in [0.15, 0.2) is 48.5 Å². The lowest BCUT2D eigenvalue weighted by Gasteiger charge is -2.13. The van der Waals surface area contributed by atoms with E-state index in [-0.39, 0.29) is 11.3 Å². The number of halogens is 3. The van der Waals surface area contributed by atoms with Gasteiger partial charge in [-0.1, -0.05) is 12.1 Å². The number of hydrogen-bond acceptors (Lipinski definition) is 6. The molecule has 0 radical (unpaired) electrons. The van der Waals surface area contributed by atoms with Crippen molar-refractivity contribution in [2.24, 2.45) is 0 Å². The topological polar surface area (TPSA) is 98.8 Å². The molecule has 0 heterocycles. The van der Waals surface area contributed by atoms with Crippen LogP contribution < -0.4 is 10.1 Å². The zero-order valence-electron chi connectivity index (χ0n) is 16.3. The Bertz CT molecular complexity index is 970. The summed E-state index contributed by atoms with van der Waals surface area (Å²) in [6, 6.07) is 10.0. The number of ether oxygens (including phenoxy) is 2. The Kier molecular flexibility index (Phi) is 7.89. The minimum atomic E-state index is -4.64. The fourth-order valence-electron chi connectivity index (χ4n) is 2.44. The first-order valence-corrected chi connectivity index (χ1v) is 8.99. The third kappa shape index (κ3) is 7.57. The van der Waals surface area contributed by atoms with Crippen LogP contribution >= 0.6 is 0 Å². The number of anilines is 1. The number of Topliss-reactive ketones (excluding diaryl/α,β-unsaturated/α-hetero) is 1. The van der Waals surface area contributed by atoms with Crippen LogP contribution in [0, 0.1) is 0 Å². The number of hydrogen-bond donors (Lipinski definition) is 1. The van der Waals surface area contributed by atoms with E-state index in [0.29, 0.717) is 0 Å². The highest BCUT2D eigenvalue weighted by molar-refractivity contribution is 5.98. The van der Waals surface area contributed by atoms with Gasteiger partial charge in [-0.05, 0) is 36.4 Å². The Balaban J connectivity index is 1.80. The number of esters is 2. The third-order valence-corrected chi connectivity index (χ3v) is 3.86. The maximum atomic E-state index is 12.9. The van der Waals surface area contributed by atoms with Gasteiger partial charge in [-0.2, -0.15) is 13.2 Å². The summed E-state index contributed by atoms with van der Waals surface area (Å²) in [6.07, 6.45) is -5.48. The minimum absolute atomic E-state index is 0.213. The van der Waals surface area contributed by atoms with Crippen LogP contribution in [0.1, 0.15) is 35.7 Å². The quantitative estimate of drug-likeness (QED) is 0.384. The molecule has 2 aromatic carbocycles. The van der Waals surface area contributed by atoms with Crippen molar-refractivity contribution in [3.63, 3.8) is 0 Å². The van der Waals surface area contributed by atoms with E-state index in [0.717, 1.165) is 12.1 Å². The number of carbonyl (C=O) groups is 4. The predicted molar refractivity (Wildman–Crippen MR) is 102 cm³/mol. The van der Waals surface area contributed by atoms with Gasteiger partial charge in [0.05, 0.1) is 17.7 Å². The zero-order chi connectivity index (χ0) is 23.0. The van der Waals surface area contributed by atoms with E-state index in [4.69, 9.17) is 9.47 Å². The van der Waals surface area contributed by atoms with Crippen molar-refractivity contribution in [2.45, 2.75) is 25.9 Å². The lowest BCUT2D eigenvalue weighted by Crippen LogP contribution is -2.19. The van der Waals surface area contributed by atoms with Crippen molar-refractivity contribution >= 4 is 29.3 Å². The lowest BCUT2D eigenvalue weighted by molar-refractivity contribution is -0.143. The molecule has 31 heavy (non-hydrogen) atoms. The average Bonchev–Trinajstić information content (AvgIpc) is 2.70. The summed E-state index contributed by atoms with van der Waals surface area (Å²) in [5.74, 6) is -2.45. The summed E-state index contributed by atoms with van der Waals surface area (Å²) in [7, 11) is 0. The van der Waals surface area contributed by atoms with Gasteiger partial charge in [0.1, 0.15) is 5.75 Å². The molecule has 0 unspecified atom stereocenters. The summed E-state index contributed by atoms with van der Waals surface area (Å²) in [5.41, 5.74) is -1.21. The third-order valence-electron chi connectivity index (χ3n) is 3.86. The molecule has 0 saturated heterocycles. The largest absolute Gasteiger partial charge is 0.457 e. The smallest absolute Gasteiger partial charge is 0.418 e. The molecule has 0 spiro atoms. The first-order chi connectivity index (χ1) is 14.6. The normalized spacial score (nSPS) is 10.8. The van der Waals surface area contributed by atoms with Crippen LogP contribution in [-0.4, -0.2) is 30.2 Å². The van der Waals surface area contributed by atoms with Gasteiger partial charge in [-0.15, -0.1) is 0 Å². The number of para-hydroxylation sites is 1. The first kappa shape index (κ1) is 23.6. The second kappa shape index (κ2) is 10.4. The number of benzene rings is 2. The summed E-state index contributed by atoms with van der Waals surface area (Å²) >= 11 is 0. The van der Waals surface area contributed by atoms with Crippen LogP contribution in [0.4, 0.5) is 18.9 Å². The Labute approximate surface area is 175 Å². The monoisotopic (exact) mass is 437 g/mol. The molecule has 0 aliphatic heterocycles. The molecule has 0 aliphatic rings. The summed E-state index contributed by atoms with van der Waals surface area (Å²) in [5, 5.41) is 2.11. The van der Waals surface area contributed by atoms with E-state index in [1.54, 1.807) is 0 Å². The molecule has 0 atom stereocenters. The molecule has 0 bridgehead atoms. The van der Waals surface area contributed by atoms with Gasteiger partial charge in [0.15, 0.2) is 12.4 Å². The molecule has 1 N–H and O–H groups in total. The van der Waals surface area contributed by atoms with Crippen molar-refractivity contribution < 1.29 is 41.8 Å². The Morgan fingerprint density at radius 2 is 1.58 bits per heavy atom. The Morgan fingerprint density at radius 3 is 2.19 bits per heavy atom. The predicted octanol–water partition coefficient (Wildman–Crippen LogP) is 3.78. The number of ketones is 1. The van der Waals surface area contributed by atoms with Crippen molar-refractivity contribution in [3.05, 3.63) is 59.7 Å². The van der Waals surface area contributed by atoms with E-state index in [1.807, 2.05) is 0 Å². The van der Waals surface area contributed by atoms with Gasteiger partial charge in [0.2, 0.25) is 5.91 Å². The second-order valence-corrected chi connectivity index (χ2v) is 6.29. The van der Waals surface area contributed by atoms with Crippen molar-refractivity contribution in [3.8, 4) is 5.75 Å². The molecule has 164 valence electrons. The number of rotatable bonds is 8. The molecule has 0 fully saturated rings. The summed E-state index contributed by atoms with van der Waals surface area (Å²) in [6.45, 7) is 0.651. The van der Waals surface area contributed by atoms with Gasteiger partial charge in [-0.25, -0.2) is 0 Å². The highest BCUT2D eigenvalue weighted by Crippen LogP contribution is 2.34. The SMILES string of the molecule is CC(=O)Oc1ccc(C(=O)COC(=O)CCC(=O)Nc2ccccc2C(F)(F)F)cc1. The van der Waals surface area contributed by atoms with Crippen LogP contribution in [0.3, 0.4) is 0 Å². The van der Waals surface area contributed by atoms with Crippen LogP contribution in [-0.2, 0) is 25.3 Å². The van der Waals surface area contributed by atoms with Crippen LogP contribution in [0.25, 0.3) is 0 Å². The van der Waals surface area contributed by atoms with Crippen LogP contribution in [0.5, 0.6) is 5.75 Å². The molecule has 0 saturated carbocycles. The molecular weight excluding hydrogens is 419 g/mol. The zero-order valence-corrected chi connectivity index (χ0v) is 16.3. The molecular formula is C21H18F3NO6. The fraction of sp³-hybridized carbons (Fsp3) is 0.238. The molecule has 0 aromatic heterocycles. The summed E-state index contributed by atoms with van der Waals surface area (Å²) < 4.78 is 48.4. The molecule has 2 aromatic rings. The van der Waals surface area contributed by atoms with E-state index >= 15 is 0 Å². The first-order valence-electron chi connectivity index (χ1n) is 8.99. The number of amides is 1. The van der Waals surface area contributed by atoms with E-state index in [1.165, 1.54) is 43.3 Å². The highest BCUT2D eigenvalue weighted by atomic mass is 19.4. The van der Waals surface area contributed by atoms with Crippen molar-refractivity contribution in [2.75, 3.05) is 11.9 Å². The van der Waals surface area contributed by atoms with Gasteiger partial charge in [-0.3, -0.25) is 19.2 Å². The minimum Gasteiger partial charge on any atom is -0.457 e. The molecule has 1 amide bonds.